The quantitative estimate of drug-likeness (QED) is 0.480. The molecule has 0 saturated heterocycles. The topological polar surface area (TPSA) is 73.1 Å². The van der Waals surface area contributed by atoms with Crippen LogP contribution in [-0.4, -0.2) is 29.0 Å². The van der Waals surface area contributed by atoms with Gasteiger partial charge in [-0.15, -0.1) is 0 Å². The van der Waals surface area contributed by atoms with Crippen LogP contribution in [0.5, 0.6) is 0 Å². The monoisotopic (exact) mass is 206 g/mol. The first kappa shape index (κ1) is 9.67. The van der Waals surface area contributed by atoms with Crippen LogP contribution in [-0.2, 0) is 4.79 Å². The van der Waals surface area contributed by atoms with Crippen molar-refractivity contribution in [3.63, 3.8) is 0 Å². The van der Waals surface area contributed by atoms with Gasteiger partial charge in [0.25, 0.3) is 5.91 Å². The molecule has 0 aliphatic carbocycles. The molecule has 5 nitrogen and oxygen atoms in total. The zero-order chi connectivity index (χ0) is 11.0. The summed E-state index contributed by atoms with van der Waals surface area (Å²) in [6, 6.07) is 6.94. The Morgan fingerprint density at radius 3 is 2.73 bits per heavy atom. The number of fused-ring (bicyclic) bond motifs is 1. The van der Waals surface area contributed by atoms with E-state index in [0.29, 0.717) is 11.3 Å². The summed E-state index contributed by atoms with van der Waals surface area (Å²) < 4.78 is 0. The van der Waals surface area contributed by atoms with Gasteiger partial charge >= 0.3 is 0 Å². The van der Waals surface area contributed by atoms with Crippen molar-refractivity contribution in [1.82, 2.24) is 0 Å². The molecule has 15 heavy (non-hydrogen) atoms. The number of hydrogen-bond acceptors (Lipinski definition) is 4. The molecule has 78 valence electrons. The van der Waals surface area contributed by atoms with Gasteiger partial charge in [0.2, 0.25) is 0 Å². The Hall–Kier alpha value is -1.88. The van der Waals surface area contributed by atoms with Crippen LogP contribution < -0.4 is 4.90 Å². The number of aliphatic hydroxyl groups is 1. The highest BCUT2D eigenvalue weighted by molar-refractivity contribution is 6.46. The van der Waals surface area contributed by atoms with Crippen LogP contribution in [0.4, 0.5) is 5.69 Å². The highest BCUT2D eigenvalue weighted by Gasteiger charge is 2.34. The average Bonchev–Trinajstić information content (AvgIpc) is 2.27. The van der Waals surface area contributed by atoms with E-state index in [9.17, 15) is 9.90 Å². The van der Waals surface area contributed by atoms with Crippen LogP contribution in [0.15, 0.2) is 29.4 Å². The SMILES string of the molecule is CN1C(=O)/C(=N/O)[C@H](O)c2ccccc21. The molecule has 0 radical (unpaired) electrons. The number of amides is 1. The van der Waals surface area contributed by atoms with Crippen LogP contribution in [0.3, 0.4) is 0 Å². The van der Waals surface area contributed by atoms with Crippen molar-refractivity contribution in [1.29, 1.82) is 0 Å². The summed E-state index contributed by atoms with van der Waals surface area (Å²) in [6.07, 6.45) is -1.16. The second-order valence-electron chi connectivity index (χ2n) is 3.31. The van der Waals surface area contributed by atoms with E-state index in [4.69, 9.17) is 5.21 Å². The molecule has 0 aromatic heterocycles. The first-order chi connectivity index (χ1) is 7.16. The third-order valence-electron chi connectivity index (χ3n) is 2.48. The van der Waals surface area contributed by atoms with E-state index >= 15 is 0 Å². The molecule has 1 atom stereocenters. The lowest BCUT2D eigenvalue weighted by molar-refractivity contribution is -0.113. The van der Waals surface area contributed by atoms with Gasteiger partial charge in [0.1, 0.15) is 6.10 Å². The number of carbonyl (C=O) groups is 1. The van der Waals surface area contributed by atoms with Gasteiger partial charge in [-0.3, -0.25) is 4.79 Å². The van der Waals surface area contributed by atoms with Gasteiger partial charge in [0.05, 0.1) is 0 Å². The summed E-state index contributed by atoms with van der Waals surface area (Å²) in [5, 5.41) is 21.3. The van der Waals surface area contributed by atoms with Gasteiger partial charge in [-0.25, -0.2) is 0 Å². The highest BCUT2D eigenvalue weighted by atomic mass is 16.4. The Morgan fingerprint density at radius 1 is 1.40 bits per heavy atom. The van der Waals surface area contributed by atoms with E-state index in [1.165, 1.54) is 4.90 Å². The summed E-state index contributed by atoms with van der Waals surface area (Å²) in [5.74, 6) is -0.497. The predicted octanol–water partition coefficient (Wildman–Crippen LogP) is 0.527. The third kappa shape index (κ3) is 1.28. The number of anilines is 1. The second kappa shape index (κ2) is 3.36. The standard InChI is InChI=1S/C10H10N2O3/c1-12-7-5-3-2-4-6(7)9(13)8(11-15)10(12)14/h2-5,9,13,15H,1H3/b11-8+/t9-/m1/s1. The molecule has 1 aromatic rings. The first-order valence-electron chi connectivity index (χ1n) is 4.44. The molecule has 1 aromatic carbocycles. The maximum atomic E-state index is 11.6. The molecule has 2 rings (SSSR count). The van der Waals surface area contributed by atoms with Crippen LogP contribution >= 0.6 is 0 Å². The molecule has 0 bridgehead atoms. The number of rotatable bonds is 0. The Bertz CT molecular complexity index is 442. The molecule has 0 fully saturated rings. The van der Waals surface area contributed by atoms with Crippen LogP contribution in [0, 0.1) is 0 Å². The molecule has 1 amide bonds. The number of aliphatic hydroxyl groups excluding tert-OH is 1. The summed E-state index contributed by atoms with van der Waals surface area (Å²) >= 11 is 0. The van der Waals surface area contributed by atoms with Crippen molar-refractivity contribution in [2.45, 2.75) is 6.10 Å². The van der Waals surface area contributed by atoms with Crippen molar-refractivity contribution in [3.8, 4) is 0 Å². The van der Waals surface area contributed by atoms with Gasteiger partial charge in [-0.1, -0.05) is 23.4 Å². The third-order valence-corrected chi connectivity index (χ3v) is 2.48. The van der Waals surface area contributed by atoms with Crippen molar-refractivity contribution in [3.05, 3.63) is 29.8 Å². The van der Waals surface area contributed by atoms with Gasteiger partial charge in [-0.2, -0.15) is 0 Å². The Balaban J connectivity index is 2.62. The lowest BCUT2D eigenvalue weighted by Crippen LogP contribution is -2.41. The van der Waals surface area contributed by atoms with Gasteiger partial charge in [-0.05, 0) is 6.07 Å². The summed E-state index contributed by atoms with van der Waals surface area (Å²) in [5.41, 5.74) is 0.936. The van der Waals surface area contributed by atoms with E-state index in [-0.39, 0.29) is 5.71 Å². The fourth-order valence-electron chi connectivity index (χ4n) is 1.67. The number of hydrogen-bond donors (Lipinski definition) is 2. The first-order valence-corrected chi connectivity index (χ1v) is 4.44. The number of para-hydroxylation sites is 1. The maximum Gasteiger partial charge on any atom is 0.278 e. The molecule has 1 heterocycles. The molecule has 2 N–H and O–H groups in total. The zero-order valence-electron chi connectivity index (χ0n) is 8.08. The maximum absolute atomic E-state index is 11.6. The normalized spacial score (nSPS) is 23.1. The minimum Gasteiger partial charge on any atom is -0.410 e. The molecular weight excluding hydrogens is 196 g/mol. The summed E-state index contributed by atoms with van der Waals surface area (Å²) in [4.78, 5) is 12.9. The van der Waals surface area contributed by atoms with Crippen molar-refractivity contribution >= 4 is 17.3 Å². The molecule has 0 unspecified atom stereocenters. The Kier molecular flexibility index (Phi) is 2.17. The summed E-state index contributed by atoms with van der Waals surface area (Å²) in [7, 11) is 1.57. The van der Waals surface area contributed by atoms with Gasteiger partial charge < -0.3 is 15.2 Å². The van der Waals surface area contributed by atoms with Crippen LogP contribution in [0.1, 0.15) is 11.7 Å². The van der Waals surface area contributed by atoms with Crippen molar-refractivity contribution < 1.29 is 15.1 Å². The van der Waals surface area contributed by atoms with Gasteiger partial charge in [0.15, 0.2) is 5.71 Å². The number of oxime groups is 1. The van der Waals surface area contributed by atoms with E-state index in [0.717, 1.165) is 0 Å². The Labute approximate surface area is 86.2 Å². The van der Waals surface area contributed by atoms with E-state index in [1.54, 1.807) is 31.3 Å². The van der Waals surface area contributed by atoms with Crippen LogP contribution in [0.25, 0.3) is 0 Å². The average molecular weight is 206 g/mol. The molecular formula is C10H10N2O3. The molecule has 5 heteroatoms. The Morgan fingerprint density at radius 2 is 2.07 bits per heavy atom. The number of carbonyl (C=O) groups excluding carboxylic acids is 1. The smallest absolute Gasteiger partial charge is 0.278 e. The number of nitrogens with zero attached hydrogens (tertiary/aromatic N) is 2. The minimum atomic E-state index is -1.16. The molecule has 0 spiro atoms. The summed E-state index contributed by atoms with van der Waals surface area (Å²) in [6.45, 7) is 0. The molecule has 1 aliphatic heterocycles. The lowest BCUT2D eigenvalue weighted by Gasteiger charge is -2.29. The van der Waals surface area contributed by atoms with E-state index < -0.39 is 12.0 Å². The van der Waals surface area contributed by atoms with E-state index in [2.05, 4.69) is 5.16 Å². The second-order valence-corrected chi connectivity index (χ2v) is 3.31. The fraction of sp³-hybridized carbons (Fsp3) is 0.200. The van der Waals surface area contributed by atoms with Crippen LogP contribution in [0.2, 0.25) is 0 Å². The molecule has 1 aliphatic rings. The van der Waals surface area contributed by atoms with E-state index in [1.807, 2.05) is 0 Å². The number of benzene rings is 1. The fourth-order valence-corrected chi connectivity index (χ4v) is 1.67. The largest absolute Gasteiger partial charge is 0.410 e. The highest BCUT2D eigenvalue weighted by Crippen LogP contribution is 2.31. The lowest BCUT2D eigenvalue weighted by atomic mass is 9.97. The zero-order valence-corrected chi connectivity index (χ0v) is 8.08. The minimum absolute atomic E-state index is 0.254. The predicted molar refractivity (Wildman–Crippen MR) is 54.0 cm³/mol. The van der Waals surface area contributed by atoms with Gasteiger partial charge in [0, 0.05) is 18.3 Å². The molecule has 0 saturated carbocycles. The van der Waals surface area contributed by atoms with Crippen molar-refractivity contribution in [2.24, 2.45) is 5.16 Å². The van der Waals surface area contributed by atoms with Crippen molar-refractivity contribution in [2.75, 3.05) is 11.9 Å².